The van der Waals surface area contributed by atoms with Crippen LogP contribution < -0.4 is 16.2 Å². The third-order valence-corrected chi connectivity index (χ3v) is 5.06. The van der Waals surface area contributed by atoms with E-state index in [0.717, 1.165) is 11.1 Å². The summed E-state index contributed by atoms with van der Waals surface area (Å²) < 4.78 is 9.46. The SMILES string of the molecule is COC(=O)c1cc(NC(=S)NNC(=O)C(c2ccccc2)c2ccccc2)cc(C(=O)OC)c1. The van der Waals surface area contributed by atoms with E-state index < -0.39 is 17.9 Å². The second-order valence-corrected chi connectivity index (χ2v) is 7.51. The fourth-order valence-electron chi connectivity index (χ4n) is 3.31. The molecule has 3 N–H and O–H groups in total. The molecule has 0 aliphatic heterocycles. The number of carbonyl (C=O) groups excluding carboxylic acids is 3. The molecule has 34 heavy (non-hydrogen) atoms. The molecule has 0 spiro atoms. The van der Waals surface area contributed by atoms with Gasteiger partial charge in [0, 0.05) is 5.69 Å². The fourth-order valence-corrected chi connectivity index (χ4v) is 3.48. The summed E-state index contributed by atoms with van der Waals surface area (Å²) in [6.45, 7) is 0. The van der Waals surface area contributed by atoms with Crippen molar-refractivity contribution in [3.8, 4) is 0 Å². The lowest BCUT2D eigenvalue weighted by molar-refractivity contribution is -0.122. The van der Waals surface area contributed by atoms with Crippen LogP contribution in [0.15, 0.2) is 78.9 Å². The summed E-state index contributed by atoms with van der Waals surface area (Å²) in [6.07, 6.45) is 0. The molecule has 0 heterocycles. The number of nitrogens with one attached hydrogen (secondary N) is 3. The molecule has 0 bridgehead atoms. The summed E-state index contributed by atoms with van der Waals surface area (Å²) in [5.41, 5.74) is 7.52. The Hall–Kier alpha value is -4.24. The van der Waals surface area contributed by atoms with Gasteiger partial charge in [-0.2, -0.15) is 0 Å². The number of esters is 2. The van der Waals surface area contributed by atoms with E-state index in [-0.39, 0.29) is 22.1 Å². The van der Waals surface area contributed by atoms with Gasteiger partial charge in [-0.1, -0.05) is 60.7 Å². The van der Waals surface area contributed by atoms with Crippen molar-refractivity contribution < 1.29 is 23.9 Å². The molecular formula is C25H23N3O5S. The summed E-state index contributed by atoms with van der Waals surface area (Å²) in [5.74, 6) is -2.14. The van der Waals surface area contributed by atoms with E-state index in [1.54, 1.807) is 0 Å². The first-order valence-corrected chi connectivity index (χ1v) is 10.6. The largest absolute Gasteiger partial charge is 0.465 e. The van der Waals surface area contributed by atoms with Crippen LogP contribution in [0.2, 0.25) is 0 Å². The first kappa shape index (κ1) is 24.4. The predicted molar refractivity (Wildman–Crippen MR) is 131 cm³/mol. The Morgan fingerprint density at radius 2 is 1.21 bits per heavy atom. The van der Waals surface area contributed by atoms with Crippen LogP contribution in [0.1, 0.15) is 37.8 Å². The average Bonchev–Trinajstić information content (AvgIpc) is 2.87. The number of amides is 1. The number of anilines is 1. The molecule has 3 aromatic carbocycles. The van der Waals surface area contributed by atoms with Crippen molar-refractivity contribution in [2.24, 2.45) is 0 Å². The number of hydrazine groups is 1. The van der Waals surface area contributed by atoms with E-state index in [2.05, 4.69) is 16.2 Å². The zero-order valence-corrected chi connectivity index (χ0v) is 19.3. The van der Waals surface area contributed by atoms with Crippen LogP contribution in [0.5, 0.6) is 0 Å². The van der Waals surface area contributed by atoms with Crippen LogP contribution in [-0.2, 0) is 14.3 Å². The van der Waals surface area contributed by atoms with Gasteiger partial charge in [0.05, 0.1) is 31.3 Å². The molecule has 9 heteroatoms. The molecule has 3 rings (SSSR count). The van der Waals surface area contributed by atoms with Crippen LogP contribution in [-0.4, -0.2) is 37.2 Å². The number of thiocarbonyl (C=S) groups is 1. The molecule has 0 aliphatic rings. The number of hydrogen-bond donors (Lipinski definition) is 3. The molecule has 0 saturated heterocycles. The molecule has 0 saturated carbocycles. The maximum absolute atomic E-state index is 13.1. The van der Waals surface area contributed by atoms with Crippen molar-refractivity contribution in [2.75, 3.05) is 19.5 Å². The molecule has 3 aromatic rings. The Morgan fingerprint density at radius 3 is 1.65 bits per heavy atom. The van der Waals surface area contributed by atoms with Gasteiger partial charge in [0.2, 0.25) is 5.91 Å². The Morgan fingerprint density at radius 1 is 0.735 bits per heavy atom. The Labute approximate surface area is 202 Å². The van der Waals surface area contributed by atoms with E-state index in [0.29, 0.717) is 5.69 Å². The van der Waals surface area contributed by atoms with Crippen molar-refractivity contribution >= 4 is 40.9 Å². The highest BCUT2D eigenvalue weighted by Crippen LogP contribution is 2.24. The van der Waals surface area contributed by atoms with Gasteiger partial charge >= 0.3 is 11.9 Å². The third-order valence-electron chi connectivity index (χ3n) is 4.86. The molecule has 0 fully saturated rings. The summed E-state index contributed by atoms with van der Waals surface area (Å²) in [5, 5.41) is 2.89. The Kier molecular flexibility index (Phi) is 8.31. The van der Waals surface area contributed by atoms with Crippen LogP contribution in [0.4, 0.5) is 5.69 Å². The van der Waals surface area contributed by atoms with Crippen LogP contribution >= 0.6 is 12.2 Å². The molecular weight excluding hydrogens is 454 g/mol. The van der Waals surface area contributed by atoms with E-state index in [1.165, 1.54) is 32.4 Å². The Balaban J connectivity index is 1.74. The van der Waals surface area contributed by atoms with E-state index in [1.807, 2.05) is 60.7 Å². The van der Waals surface area contributed by atoms with Gasteiger partial charge < -0.3 is 14.8 Å². The minimum atomic E-state index is -0.630. The van der Waals surface area contributed by atoms with Gasteiger partial charge in [-0.05, 0) is 41.5 Å². The first-order chi connectivity index (χ1) is 16.4. The standard InChI is InChI=1S/C25H23N3O5S/c1-32-23(30)18-13-19(24(31)33-2)15-20(14-18)26-25(34)28-27-22(29)21(16-9-5-3-6-10-16)17-11-7-4-8-12-17/h3-15,21H,1-2H3,(H,27,29)(H2,26,28,34). The van der Waals surface area contributed by atoms with Crippen molar-refractivity contribution in [1.29, 1.82) is 0 Å². The van der Waals surface area contributed by atoms with Crippen LogP contribution in [0.25, 0.3) is 0 Å². The zero-order valence-electron chi connectivity index (χ0n) is 18.5. The summed E-state index contributed by atoms with van der Waals surface area (Å²) in [6, 6.07) is 23.0. The molecule has 8 nitrogen and oxygen atoms in total. The Bertz CT molecular complexity index is 1110. The van der Waals surface area contributed by atoms with Crippen molar-refractivity contribution in [3.05, 3.63) is 101 Å². The van der Waals surface area contributed by atoms with Crippen molar-refractivity contribution in [1.82, 2.24) is 10.9 Å². The first-order valence-electron chi connectivity index (χ1n) is 10.2. The van der Waals surface area contributed by atoms with Crippen molar-refractivity contribution in [3.63, 3.8) is 0 Å². The maximum atomic E-state index is 13.1. The van der Waals surface area contributed by atoms with Crippen LogP contribution in [0, 0.1) is 0 Å². The number of benzene rings is 3. The maximum Gasteiger partial charge on any atom is 0.337 e. The van der Waals surface area contributed by atoms with Gasteiger partial charge in [0.25, 0.3) is 0 Å². The number of carbonyl (C=O) groups is 3. The highest BCUT2D eigenvalue weighted by molar-refractivity contribution is 7.80. The average molecular weight is 478 g/mol. The predicted octanol–water partition coefficient (Wildman–Crippen LogP) is 3.41. The van der Waals surface area contributed by atoms with Crippen LogP contribution in [0.3, 0.4) is 0 Å². The zero-order chi connectivity index (χ0) is 24.5. The van der Waals surface area contributed by atoms with E-state index >= 15 is 0 Å². The van der Waals surface area contributed by atoms with Gasteiger partial charge in [0.15, 0.2) is 5.11 Å². The summed E-state index contributed by atoms with van der Waals surface area (Å²) >= 11 is 5.28. The minimum Gasteiger partial charge on any atom is -0.465 e. The fraction of sp³-hybridized carbons (Fsp3) is 0.120. The minimum absolute atomic E-state index is 0.0473. The highest BCUT2D eigenvalue weighted by Gasteiger charge is 2.22. The molecule has 0 aliphatic carbocycles. The lowest BCUT2D eigenvalue weighted by atomic mass is 9.91. The number of hydrogen-bond acceptors (Lipinski definition) is 6. The monoisotopic (exact) mass is 477 g/mol. The lowest BCUT2D eigenvalue weighted by Gasteiger charge is -2.19. The van der Waals surface area contributed by atoms with Crippen molar-refractivity contribution in [2.45, 2.75) is 5.92 Å². The molecule has 0 atom stereocenters. The van der Waals surface area contributed by atoms with Gasteiger partial charge in [0.1, 0.15) is 0 Å². The molecule has 0 aromatic heterocycles. The van der Waals surface area contributed by atoms with E-state index in [9.17, 15) is 14.4 Å². The summed E-state index contributed by atoms with van der Waals surface area (Å²) in [4.78, 5) is 37.0. The van der Waals surface area contributed by atoms with E-state index in [4.69, 9.17) is 21.7 Å². The van der Waals surface area contributed by atoms with Gasteiger partial charge in [-0.25, -0.2) is 9.59 Å². The normalized spacial score (nSPS) is 10.2. The number of methoxy groups -OCH3 is 2. The summed E-state index contributed by atoms with van der Waals surface area (Å²) in [7, 11) is 2.47. The second-order valence-electron chi connectivity index (χ2n) is 7.10. The molecule has 1 amide bonds. The topological polar surface area (TPSA) is 106 Å². The number of rotatable bonds is 6. The number of ether oxygens (including phenoxy) is 2. The molecule has 0 radical (unpaired) electrons. The smallest absolute Gasteiger partial charge is 0.337 e. The lowest BCUT2D eigenvalue weighted by Crippen LogP contribution is -2.46. The van der Waals surface area contributed by atoms with Gasteiger partial charge in [-0.15, -0.1) is 0 Å². The highest BCUT2D eigenvalue weighted by atomic mass is 32.1. The van der Waals surface area contributed by atoms with Gasteiger partial charge in [-0.3, -0.25) is 15.6 Å². The third kappa shape index (κ3) is 6.17. The second kappa shape index (κ2) is 11.6. The molecule has 174 valence electrons. The molecule has 0 unspecified atom stereocenters. The quantitative estimate of drug-likeness (QED) is 0.282.